The van der Waals surface area contributed by atoms with Crippen molar-refractivity contribution in [3.8, 4) is 0 Å². The molecule has 0 N–H and O–H groups in total. The Balaban J connectivity index is 3.67. The van der Waals surface area contributed by atoms with E-state index >= 15 is 0 Å². The fourth-order valence-electron chi connectivity index (χ4n) is 1.31. The minimum Gasteiger partial charge on any atom is -0.385 e. The van der Waals surface area contributed by atoms with E-state index in [4.69, 9.17) is 4.74 Å². The second-order valence-electron chi connectivity index (χ2n) is 3.99. The van der Waals surface area contributed by atoms with Crippen LogP contribution in [0.2, 0.25) is 0 Å². The third-order valence-electron chi connectivity index (χ3n) is 1.91. The van der Waals surface area contributed by atoms with E-state index in [1.807, 2.05) is 13.8 Å². The van der Waals surface area contributed by atoms with E-state index in [9.17, 15) is 4.57 Å². The van der Waals surface area contributed by atoms with Crippen LogP contribution in [0.15, 0.2) is 0 Å². The van der Waals surface area contributed by atoms with Crippen molar-refractivity contribution >= 4 is 8.46 Å². The molecule has 0 aromatic heterocycles. The Morgan fingerprint density at radius 3 is 2.50 bits per heavy atom. The highest BCUT2D eigenvalue weighted by Gasteiger charge is 2.20. The van der Waals surface area contributed by atoms with E-state index in [0.717, 1.165) is 19.4 Å². The molecule has 12 heavy (non-hydrogen) atoms. The topological polar surface area (TPSA) is 26.3 Å². The van der Waals surface area contributed by atoms with Crippen molar-refractivity contribution in [1.82, 2.24) is 0 Å². The number of methoxy groups -OCH3 is 1. The van der Waals surface area contributed by atoms with Gasteiger partial charge in [-0.3, -0.25) is 4.57 Å². The first-order valence-electron chi connectivity index (χ1n) is 4.35. The van der Waals surface area contributed by atoms with Gasteiger partial charge < -0.3 is 4.74 Å². The van der Waals surface area contributed by atoms with Crippen molar-refractivity contribution in [3.05, 3.63) is 0 Å². The Morgan fingerprint density at radius 1 is 1.50 bits per heavy atom. The highest BCUT2D eigenvalue weighted by molar-refractivity contribution is 7.25. The lowest BCUT2D eigenvalue weighted by atomic mass is 9.96. The van der Waals surface area contributed by atoms with E-state index in [-0.39, 0.29) is 13.6 Å². The maximum absolute atomic E-state index is 10.7. The molecular weight excluding hydrogens is 171 g/mol. The summed E-state index contributed by atoms with van der Waals surface area (Å²) >= 11 is 0. The second-order valence-corrected chi connectivity index (χ2v) is 5.39. The standard InChI is InChI=1S/C9H19O2P/c1-8(5-6-11-4)7-9(2,3)12-10/h8H,5-7H2,1-4H3. The summed E-state index contributed by atoms with van der Waals surface area (Å²) < 4.78 is 15.7. The lowest BCUT2D eigenvalue weighted by molar-refractivity contribution is 0.176. The van der Waals surface area contributed by atoms with Gasteiger partial charge in [0.2, 0.25) is 0 Å². The summed E-state index contributed by atoms with van der Waals surface area (Å²) in [7, 11) is 1.96. The molecule has 0 saturated carbocycles. The predicted molar refractivity (Wildman–Crippen MR) is 52.0 cm³/mol. The van der Waals surface area contributed by atoms with Crippen LogP contribution < -0.4 is 0 Å². The highest BCUT2D eigenvalue weighted by Crippen LogP contribution is 2.30. The summed E-state index contributed by atoms with van der Waals surface area (Å²) in [4.78, 5) is 0. The molecule has 72 valence electrons. The van der Waals surface area contributed by atoms with Crippen LogP contribution in [0.5, 0.6) is 0 Å². The largest absolute Gasteiger partial charge is 0.385 e. The summed E-state index contributed by atoms with van der Waals surface area (Å²) in [5.41, 5.74) is 0. The van der Waals surface area contributed by atoms with Crippen molar-refractivity contribution in [2.75, 3.05) is 13.7 Å². The fourth-order valence-corrected chi connectivity index (χ4v) is 1.70. The lowest BCUT2D eigenvalue weighted by Gasteiger charge is -2.20. The van der Waals surface area contributed by atoms with Gasteiger partial charge >= 0.3 is 0 Å². The average Bonchev–Trinajstić information content (AvgIpc) is 2.00. The van der Waals surface area contributed by atoms with Crippen molar-refractivity contribution < 1.29 is 9.30 Å². The van der Waals surface area contributed by atoms with Gasteiger partial charge in [-0.25, -0.2) is 0 Å². The number of rotatable bonds is 6. The second kappa shape index (κ2) is 5.66. The zero-order valence-corrected chi connectivity index (χ0v) is 9.36. The molecule has 0 aliphatic rings. The van der Waals surface area contributed by atoms with Crippen molar-refractivity contribution in [1.29, 1.82) is 0 Å². The maximum Gasteiger partial charge on any atom is 0.161 e. The molecule has 2 nitrogen and oxygen atoms in total. The summed E-state index contributed by atoms with van der Waals surface area (Å²) in [5.74, 6) is 0.585. The Kier molecular flexibility index (Phi) is 5.69. The maximum atomic E-state index is 10.7. The van der Waals surface area contributed by atoms with E-state index in [0.29, 0.717) is 5.92 Å². The molecule has 0 radical (unpaired) electrons. The van der Waals surface area contributed by atoms with Crippen LogP contribution in [-0.2, 0) is 9.30 Å². The van der Waals surface area contributed by atoms with Gasteiger partial charge in [-0.05, 0) is 32.6 Å². The molecule has 1 atom stereocenters. The normalized spacial score (nSPS) is 15.0. The van der Waals surface area contributed by atoms with Gasteiger partial charge in [0.25, 0.3) is 0 Å². The van der Waals surface area contributed by atoms with Crippen LogP contribution in [0.3, 0.4) is 0 Å². The molecule has 0 bridgehead atoms. The van der Waals surface area contributed by atoms with E-state index < -0.39 is 0 Å². The molecule has 0 heterocycles. The predicted octanol–water partition coefficient (Wildman–Crippen LogP) is 3.12. The van der Waals surface area contributed by atoms with E-state index in [1.54, 1.807) is 7.11 Å². The molecule has 0 aromatic rings. The fraction of sp³-hybridized carbons (Fsp3) is 1.00. The Hall–Kier alpha value is 0.0600. The van der Waals surface area contributed by atoms with Crippen LogP contribution in [-0.4, -0.2) is 18.9 Å². The quantitative estimate of drug-likeness (QED) is 0.601. The first kappa shape index (κ1) is 12.1. The van der Waals surface area contributed by atoms with E-state index in [1.165, 1.54) is 0 Å². The first-order chi connectivity index (χ1) is 5.52. The molecule has 1 unspecified atom stereocenters. The average molecular weight is 190 g/mol. The van der Waals surface area contributed by atoms with Crippen LogP contribution in [0.1, 0.15) is 33.6 Å². The summed E-state index contributed by atoms with van der Waals surface area (Å²) in [6, 6.07) is 0. The minimum atomic E-state index is -0.0762. The van der Waals surface area contributed by atoms with Crippen molar-refractivity contribution in [2.45, 2.75) is 38.8 Å². The molecule has 3 heteroatoms. The zero-order chi connectivity index (χ0) is 9.61. The molecule has 0 saturated heterocycles. The van der Waals surface area contributed by atoms with Gasteiger partial charge in [0.1, 0.15) is 0 Å². The Bertz CT molecular complexity index is 134. The third-order valence-corrected chi connectivity index (χ3v) is 2.59. The molecule has 0 rings (SSSR count). The molecular formula is C9H19O2P. The molecule has 0 fully saturated rings. The molecule has 0 spiro atoms. The zero-order valence-electron chi connectivity index (χ0n) is 8.46. The number of hydrogen-bond donors (Lipinski definition) is 0. The van der Waals surface area contributed by atoms with Crippen molar-refractivity contribution in [3.63, 3.8) is 0 Å². The van der Waals surface area contributed by atoms with E-state index in [2.05, 4.69) is 6.92 Å². The van der Waals surface area contributed by atoms with Gasteiger partial charge in [0.05, 0.1) is 0 Å². The van der Waals surface area contributed by atoms with Gasteiger partial charge in [-0.15, -0.1) is 0 Å². The summed E-state index contributed by atoms with van der Waals surface area (Å²) in [6.07, 6.45) is 2.04. The molecule has 0 aromatic carbocycles. The summed E-state index contributed by atoms with van der Waals surface area (Å²) in [6.45, 7) is 7.01. The number of hydrogen-bond acceptors (Lipinski definition) is 2. The molecule has 0 aliphatic heterocycles. The van der Waals surface area contributed by atoms with Crippen LogP contribution in [0.4, 0.5) is 0 Å². The molecule has 0 amide bonds. The van der Waals surface area contributed by atoms with Gasteiger partial charge in [0.15, 0.2) is 8.46 Å². The van der Waals surface area contributed by atoms with Gasteiger partial charge in [-0.1, -0.05) is 6.92 Å². The Labute approximate surface area is 76.9 Å². The monoisotopic (exact) mass is 190 g/mol. The van der Waals surface area contributed by atoms with Gasteiger partial charge in [-0.2, -0.15) is 0 Å². The van der Waals surface area contributed by atoms with Crippen molar-refractivity contribution in [2.24, 2.45) is 5.92 Å². The first-order valence-corrected chi connectivity index (χ1v) is 5.16. The smallest absolute Gasteiger partial charge is 0.161 e. The lowest BCUT2D eigenvalue weighted by Crippen LogP contribution is -2.16. The SMILES string of the molecule is COCCC(C)CC(C)(C)P=O. The minimum absolute atomic E-state index is 0.0762. The number of ether oxygens (including phenoxy) is 1. The molecule has 0 aliphatic carbocycles. The summed E-state index contributed by atoms with van der Waals surface area (Å²) in [5, 5.41) is -0.0762. The highest BCUT2D eigenvalue weighted by atomic mass is 31.1. The Morgan fingerprint density at radius 2 is 2.08 bits per heavy atom. The van der Waals surface area contributed by atoms with Crippen LogP contribution in [0, 0.1) is 5.92 Å². The van der Waals surface area contributed by atoms with Crippen LogP contribution >= 0.6 is 8.46 Å². The van der Waals surface area contributed by atoms with Gasteiger partial charge in [0, 0.05) is 18.9 Å². The third kappa shape index (κ3) is 5.68. The van der Waals surface area contributed by atoms with Crippen LogP contribution in [0.25, 0.3) is 0 Å².